The third-order valence-electron chi connectivity index (χ3n) is 2.69. The number of benzene rings is 2. The number of halogens is 2. The van der Waals surface area contributed by atoms with E-state index in [1.165, 1.54) is 21.2 Å². The van der Waals surface area contributed by atoms with Crippen LogP contribution in [0.4, 0.5) is 4.39 Å². The molecular weight excluding hydrogens is 378 g/mol. The molecule has 19 heavy (non-hydrogen) atoms. The Labute approximate surface area is 127 Å². The molecule has 0 unspecified atom stereocenters. The van der Waals surface area contributed by atoms with E-state index in [-0.39, 0.29) is 18.2 Å². The first-order valence-corrected chi connectivity index (χ1v) is 7.82. The van der Waals surface area contributed by atoms with Crippen molar-refractivity contribution in [2.75, 3.05) is 0 Å². The standard InChI is InChI=1S/C15H11FOTe.ClH/c16-13-8-4-7-12(9-13)14-10-15(18-17-14)11-5-2-1-3-6-11;/h1-10,17H;1H/q+1;/p-1. The average molecular weight is 389 g/mol. The van der Waals surface area contributed by atoms with E-state index in [2.05, 4.69) is 21.3 Å². The molecule has 0 saturated carbocycles. The molecule has 0 saturated heterocycles. The monoisotopic (exact) mass is 391 g/mol. The molecule has 2 aromatic rings. The van der Waals surface area contributed by atoms with Crippen molar-refractivity contribution >= 4 is 30.2 Å². The van der Waals surface area contributed by atoms with Crippen LogP contribution in [0.5, 0.6) is 0 Å². The maximum absolute atomic E-state index is 13.2. The summed E-state index contributed by atoms with van der Waals surface area (Å²) in [5.74, 6) is 0.702. The van der Waals surface area contributed by atoms with Crippen LogP contribution in [0.2, 0.25) is 0 Å². The summed E-state index contributed by atoms with van der Waals surface area (Å²) in [4.78, 5) is 0. The number of hydrogen-bond donors (Lipinski definition) is 0. The van der Waals surface area contributed by atoms with Crippen LogP contribution in [-0.4, -0.2) is 27.5 Å². The van der Waals surface area contributed by atoms with E-state index in [1.54, 1.807) is 6.07 Å². The van der Waals surface area contributed by atoms with Crippen LogP contribution < -0.4 is 12.4 Å². The molecule has 0 bridgehead atoms. The molecule has 0 fully saturated rings. The zero-order valence-corrected chi connectivity index (χ0v) is 13.0. The van der Waals surface area contributed by atoms with E-state index in [4.69, 9.17) is 0 Å². The Morgan fingerprint density at radius 2 is 1.63 bits per heavy atom. The van der Waals surface area contributed by atoms with Gasteiger partial charge in [-0.15, -0.1) is 0 Å². The molecule has 1 aliphatic rings. The minimum Gasteiger partial charge on any atom is -1.00 e. The van der Waals surface area contributed by atoms with Crippen LogP contribution in [0.15, 0.2) is 60.7 Å². The van der Waals surface area contributed by atoms with Gasteiger partial charge in [-0.2, -0.15) is 0 Å². The number of allylic oxidation sites excluding steroid dienone is 1. The fraction of sp³-hybridized carbons (Fsp3) is 0. The van der Waals surface area contributed by atoms with Gasteiger partial charge >= 0.3 is 115 Å². The Kier molecular flexibility index (Phi) is 4.76. The third-order valence-corrected chi connectivity index (χ3v) is 5.08. The summed E-state index contributed by atoms with van der Waals surface area (Å²) in [5, 5.41) is 0. The molecule has 3 rings (SSSR count). The normalized spacial score (nSPS) is 13.1. The van der Waals surface area contributed by atoms with E-state index in [1.807, 2.05) is 24.3 Å². The quantitative estimate of drug-likeness (QED) is 0.488. The van der Waals surface area contributed by atoms with Crippen molar-refractivity contribution in [3.05, 3.63) is 77.6 Å². The van der Waals surface area contributed by atoms with Crippen LogP contribution >= 0.6 is 0 Å². The summed E-state index contributed by atoms with van der Waals surface area (Å²) in [6.45, 7) is 0. The van der Waals surface area contributed by atoms with Gasteiger partial charge in [0.15, 0.2) is 0 Å². The van der Waals surface area contributed by atoms with Crippen molar-refractivity contribution in [2.24, 2.45) is 0 Å². The Bertz CT molecular complexity index is 638. The van der Waals surface area contributed by atoms with E-state index >= 15 is 0 Å². The second-order valence-electron chi connectivity index (χ2n) is 3.95. The second-order valence-corrected chi connectivity index (χ2v) is 6.25. The van der Waals surface area contributed by atoms with Crippen LogP contribution in [-0.2, 0) is 0 Å². The van der Waals surface area contributed by atoms with Gasteiger partial charge < -0.3 is 12.4 Å². The summed E-state index contributed by atoms with van der Waals surface area (Å²) in [6.07, 6.45) is 2.09. The summed E-state index contributed by atoms with van der Waals surface area (Å²) >= 11 is -0.536. The van der Waals surface area contributed by atoms with Gasteiger partial charge in [-0.25, -0.2) is 0 Å². The molecule has 0 aromatic heterocycles. The Morgan fingerprint density at radius 3 is 2.37 bits per heavy atom. The fourth-order valence-electron chi connectivity index (χ4n) is 1.80. The molecule has 1 aliphatic heterocycles. The summed E-state index contributed by atoms with van der Waals surface area (Å²) in [7, 11) is 0. The third kappa shape index (κ3) is 3.25. The van der Waals surface area contributed by atoms with Gasteiger partial charge in [0, 0.05) is 0 Å². The summed E-state index contributed by atoms with van der Waals surface area (Å²) in [6, 6.07) is 16.9. The molecule has 1 N–H and O–H groups in total. The van der Waals surface area contributed by atoms with Gasteiger partial charge in [0.1, 0.15) is 0 Å². The van der Waals surface area contributed by atoms with Crippen molar-refractivity contribution in [3.8, 4) is 0 Å². The van der Waals surface area contributed by atoms with E-state index in [9.17, 15) is 4.39 Å². The van der Waals surface area contributed by atoms with Crippen molar-refractivity contribution in [1.82, 2.24) is 0 Å². The summed E-state index contributed by atoms with van der Waals surface area (Å²) < 4.78 is 19.1. The van der Waals surface area contributed by atoms with Gasteiger partial charge in [0.05, 0.1) is 0 Å². The SMILES string of the molecule is Fc1cccc(C2=CC(c3ccccc3)=[Te][OH+]2)c1.[Cl-]. The number of rotatable bonds is 2. The van der Waals surface area contributed by atoms with Crippen molar-refractivity contribution < 1.29 is 19.9 Å². The number of aliphatic hydroxyl groups is 1. The topological polar surface area (TPSA) is 12.8 Å². The van der Waals surface area contributed by atoms with Crippen molar-refractivity contribution in [1.29, 1.82) is 0 Å². The van der Waals surface area contributed by atoms with Crippen molar-refractivity contribution in [3.63, 3.8) is 0 Å². The van der Waals surface area contributed by atoms with E-state index in [0.29, 0.717) is 0 Å². The molecule has 0 amide bonds. The van der Waals surface area contributed by atoms with Crippen molar-refractivity contribution in [2.45, 2.75) is 0 Å². The van der Waals surface area contributed by atoms with Crippen LogP contribution in [0.3, 0.4) is 0 Å². The molecule has 0 spiro atoms. The molecule has 1 radical (unpaired) electrons. The van der Waals surface area contributed by atoms with E-state index in [0.717, 1.165) is 11.3 Å². The Morgan fingerprint density at radius 1 is 0.895 bits per heavy atom. The molecular formula is C15H11ClFOTe. The Balaban J connectivity index is 0.00000133. The molecule has 1 nitrogen and oxygen atoms in total. The Hall–Kier alpha value is -1.14. The maximum Gasteiger partial charge on any atom is -1.00 e. The zero-order valence-electron chi connectivity index (χ0n) is 9.88. The fourth-order valence-corrected chi connectivity index (χ4v) is 3.97. The van der Waals surface area contributed by atoms with Gasteiger partial charge in [0.25, 0.3) is 0 Å². The van der Waals surface area contributed by atoms with Gasteiger partial charge in [-0.1, -0.05) is 0 Å². The van der Waals surface area contributed by atoms with Crippen LogP contribution in [0.25, 0.3) is 5.76 Å². The molecule has 0 atom stereocenters. The van der Waals surface area contributed by atoms with Gasteiger partial charge in [-0.05, 0) is 0 Å². The molecule has 1 heterocycles. The molecule has 0 aliphatic carbocycles. The molecule has 4 heteroatoms. The van der Waals surface area contributed by atoms with Crippen LogP contribution in [0.1, 0.15) is 11.1 Å². The smallest absolute Gasteiger partial charge is 1.00 e. The first-order chi connectivity index (χ1) is 8.83. The van der Waals surface area contributed by atoms with E-state index < -0.39 is 20.9 Å². The molecule has 2 aromatic carbocycles. The first-order valence-electron chi connectivity index (χ1n) is 5.61. The minimum absolute atomic E-state index is 0. The average Bonchev–Trinajstić information content (AvgIpc) is 2.89. The second kappa shape index (κ2) is 6.34. The predicted molar refractivity (Wildman–Crippen MR) is 72.9 cm³/mol. The maximum atomic E-state index is 13.2. The minimum atomic E-state index is -0.536. The number of hydrogen-bond acceptors (Lipinski definition) is 0. The zero-order chi connectivity index (χ0) is 12.4. The summed E-state index contributed by atoms with van der Waals surface area (Å²) in [5.41, 5.74) is 2.10. The molecule has 97 valence electrons. The van der Waals surface area contributed by atoms with Gasteiger partial charge in [0.2, 0.25) is 0 Å². The van der Waals surface area contributed by atoms with Gasteiger partial charge in [-0.3, -0.25) is 0 Å². The largest absolute Gasteiger partial charge is 1.00 e. The van der Waals surface area contributed by atoms with Crippen LogP contribution in [0, 0.1) is 5.82 Å². The first kappa shape index (κ1) is 14.3. The predicted octanol–water partition coefficient (Wildman–Crippen LogP) is -0.448.